The maximum Gasteiger partial charge on any atom is 0.160 e. The molecule has 1 fully saturated rings. The van der Waals surface area contributed by atoms with Crippen molar-refractivity contribution in [2.24, 2.45) is 7.05 Å². The summed E-state index contributed by atoms with van der Waals surface area (Å²) in [6.07, 6.45) is 4.70. The van der Waals surface area contributed by atoms with E-state index >= 15 is 0 Å². The minimum atomic E-state index is 0.339. The van der Waals surface area contributed by atoms with Crippen molar-refractivity contribution in [3.8, 4) is 11.5 Å². The Morgan fingerprint density at radius 1 is 1.12 bits per heavy atom. The molecule has 1 aliphatic heterocycles. The van der Waals surface area contributed by atoms with Gasteiger partial charge in [0.1, 0.15) is 5.69 Å². The molecule has 2 aromatic heterocycles. The van der Waals surface area contributed by atoms with E-state index in [0.29, 0.717) is 12.1 Å². The van der Waals surface area contributed by atoms with Gasteiger partial charge in [-0.15, -0.1) is 10.2 Å². The van der Waals surface area contributed by atoms with E-state index in [0.717, 1.165) is 30.3 Å². The number of hydrazine groups is 1. The van der Waals surface area contributed by atoms with Gasteiger partial charge in [-0.25, -0.2) is 10.4 Å². The Labute approximate surface area is 153 Å². The molecule has 2 N–H and O–H groups in total. The summed E-state index contributed by atoms with van der Waals surface area (Å²) in [6.45, 7) is 0.854. The molecule has 7 nitrogen and oxygen atoms in total. The van der Waals surface area contributed by atoms with Crippen molar-refractivity contribution in [3.63, 3.8) is 0 Å². The minimum Gasteiger partial charge on any atom is -0.357 e. The summed E-state index contributed by atoms with van der Waals surface area (Å²) in [5.74, 6) is 1.67. The van der Waals surface area contributed by atoms with Crippen LogP contribution < -0.4 is 15.8 Å². The van der Waals surface area contributed by atoms with E-state index in [9.17, 15) is 0 Å². The van der Waals surface area contributed by atoms with Crippen molar-refractivity contribution in [2.45, 2.75) is 18.5 Å². The molecule has 3 aromatic rings. The zero-order valence-corrected chi connectivity index (χ0v) is 15.0. The number of nitrogens with zero attached hydrogens (tertiary/aromatic N) is 5. The zero-order chi connectivity index (χ0) is 17.9. The molecule has 134 valence electrons. The van der Waals surface area contributed by atoms with E-state index in [1.165, 1.54) is 5.56 Å². The van der Waals surface area contributed by atoms with Crippen LogP contribution >= 0.6 is 0 Å². The average molecular weight is 349 g/mol. The van der Waals surface area contributed by atoms with E-state index < -0.39 is 0 Å². The van der Waals surface area contributed by atoms with Crippen LogP contribution in [0.15, 0.2) is 54.9 Å². The molecule has 7 heteroatoms. The number of hydrogen-bond acceptors (Lipinski definition) is 6. The van der Waals surface area contributed by atoms with Crippen molar-refractivity contribution in [1.82, 2.24) is 30.6 Å². The Morgan fingerprint density at radius 3 is 2.65 bits per heavy atom. The average Bonchev–Trinajstić information content (AvgIpc) is 3.32. The second-order valence-electron chi connectivity index (χ2n) is 6.70. The fourth-order valence-electron chi connectivity index (χ4n) is 3.33. The van der Waals surface area contributed by atoms with Gasteiger partial charge in [0.2, 0.25) is 0 Å². The number of imidazole rings is 1. The summed E-state index contributed by atoms with van der Waals surface area (Å²) >= 11 is 0. The molecule has 2 atom stereocenters. The standard InChI is InChI=1S/C19H23N7/c1-25-11-10-20-19(25)16-8-9-18(24-22-16)26(2)13-15-12-17(23-21-15)14-6-4-3-5-7-14/h3-11,15,17,21,23H,12-13H2,1-2H3. The first kappa shape index (κ1) is 16.7. The van der Waals surface area contributed by atoms with Crippen LogP contribution in [0, 0.1) is 0 Å². The third kappa shape index (κ3) is 3.44. The van der Waals surface area contributed by atoms with Crippen molar-refractivity contribution >= 4 is 5.82 Å². The second-order valence-corrected chi connectivity index (χ2v) is 6.70. The van der Waals surface area contributed by atoms with Gasteiger partial charge in [-0.1, -0.05) is 30.3 Å². The van der Waals surface area contributed by atoms with E-state index in [-0.39, 0.29) is 0 Å². The van der Waals surface area contributed by atoms with E-state index in [4.69, 9.17) is 0 Å². The number of likely N-dealkylation sites (N-methyl/N-ethyl adjacent to an activating group) is 1. The monoisotopic (exact) mass is 349 g/mol. The third-order valence-electron chi connectivity index (χ3n) is 4.77. The van der Waals surface area contributed by atoms with Crippen LogP contribution in [0.4, 0.5) is 5.82 Å². The number of anilines is 1. The molecule has 0 radical (unpaired) electrons. The molecule has 1 saturated heterocycles. The molecular formula is C19H23N7. The SMILES string of the molecule is CN(CC1CC(c2ccccc2)NN1)c1ccc(-c2nccn2C)nn1. The van der Waals surface area contributed by atoms with Crippen LogP contribution in [0.3, 0.4) is 0 Å². The highest BCUT2D eigenvalue weighted by Gasteiger charge is 2.26. The lowest BCUT2D eigenvalue weighted by atomic mass is 10.0. The zero-order valence-electron chi connectivity index (χ0n) is 15.0. The van der Waals surface area contributed by atoms with Crippen LogP contribution in [0.2, 0.25) is 0 Å². The van der Waals surface area contributed by atoms with Crippen LogP contribution in [-0.4, -0.2) is 39.4 Å². The summed E-state index contributed by atoms with van der Waals surface area (Å²) in [4.78, 5) is 6.44. The maximum atomic E-state index is 4.37. The summed E-state index contributed by atoms with van der Waals surface area (Å²) in [5.41, 5.74) is 8.87. The molecule has 0 amide bonds. The van der Waals surface area contributed by atoms with Crippen LogP contribution in [0.5, 0.6) is 0 Å². The lowest BCUT2D eigenvalue weighted by Crippen LogP contribution is -2.39. The normalized spacial score (nSPS) is 19.6. The number of benzene rings is 1. The molecule has 2 unspecified atom stereocenters. The van der Waals surface area contributed by atoms with E-state index in [1.54, 1.807) is 6.20 Å². The van der Waals surface area contributed by atoms with Crippen molar-refractivity contribution in [3.05, 3.63) is 60.4 Å². The predicted octanol–water partition coefficient (Wildman–Crippen LogP) is 1.92. The Morgan fingerprint density at radius 2 is 1.96 bits per heavy atom. The predicted molar refractivity (Wildman–Crippen MR) is 101 cm³/mol. The molecule has 26 heavy (non-hydrogen) atoms. The Hall–Kier alpha value is -2.77. The maximum absolute atomic E-state index is 4.37. The molecule has 0 bridgehead atoms. The molecule has 4 rings (SSSR count). The van der Waals surface area contributed by atoms with Gasteiger partial charge in [0.25, 0.3) is 0 Å². The Kier molecular flexibility index (Phi) is 4.64. The molecule has 0 spiro atoms. The molecular weight excluding hydrogens is 326 g/mol. The summed E-state index contributed by atoms with van der Waals surface area (Å²) < 4.78 is 1.94. The summed E-state index contributed by atoms with van der Waals surface area (Å²) in [7, 11) is 3.99. The summed E-state index contributed by atoms with van der Waals surface area (Å²) in [6, 6.07) is 15.2. The van der Waals surface area contributed by atoms with Gasteiger partial charge in [-0.2, -0.15) is 0 Å². The highest BCUT2D eigenvalue weighted by molar-refractivity contribution is 5.51. The first-order valence-electron chi connectivity index (χ1n) is 8.79. The minimum absolute atomic E-state index is 0.339. The van der Waals surface area contributed by atoms with Crippen molar-refractivity contribution < 1.29 is 0 Å². The van der Waals surface area contributed by atoms with Gasteiger partial charge in [0, 0.05) is 45.1 Å². The topological polar surface area (TPSA) is 70.9 Å². The largest absolute Gasteiger partial charge is 0.357 e. The number of hydrogen-bond donors (Lipinski definition) is 2. The number of aryl methyl sites for hydroxylation is 1. The molecule has 1 aromatic carbocycles. The van der Waals surface area contributed by atoms with Gasteiger partial charge < -0.3 is 9.47 Å². The van der Waals surface area contributed by atoms with Crippen molar-refractivity contribution in [2.75, 3.05) is 18.5 Å². The molecule has 1 aliphatic rings. The lowest BCUT2D eigenvalue weighted by molar-refractivity contribution is 0.539. The Bertz CT molecular complexity index is 844. The van der Waals surface area contributed by atoms with Gasteiger partial charge in [-0.05, 0) is 24.1 Å². The quantitative estimate of drug-likeness (QED) is 0.733. The van der Waals surface area contributed by atoms with Crippen molar-refractivity contribution in [1.29, 1.82) is 0 Å². The fourth-order valence-corrected chi connectivity index (χ4v) is 3.33. The smallest absolute Gasteiger partial charge is 0.160 e. The second kappa shape index (κ2) is 7.23. The molecule has 0 aliphatic carbocycles. The fraction of sp³-hybridized carbons (Fsp3) is 0.316. The number of nitrogens with one attached hydrogen (secondary N) is 2. The first-order chi connectivity index (χ1) is 12.7. The third-order valence-corrected chi connectivity index (χ3v) is 4.77. The Balaban J connectivity index is 1.38. The highest BCUT2D eigenvalue weighted by Crippen LogP contribution is 2.23. The van der Waals surface area contributed by atoms with Crippen LogP contribution in [-0.2, 0) is 7.05 Å². The van der Waals surface area contributed by atoms with Gasteiger partial charge in [-0.3, -0.25) is 5.43 Å². The number of aromatic nitrogens is 4. The van der Waals surface area contributed by atoms with Gasteiger partial charge in [0.15, 0.2) is 11.6 Å². The first-order valence-corrected chi connectivity index (χ1v) is 8.79. The molecule has 3 heterocycles. The van der Waals surface area contributed by atoms with Crippen LogP contribution in [0.1, 0.15) is 18.0 Å². The van der Waals surface area contributed by atoms with E-state index in [2.05, 4.69) is 55.2 Å². The van der Waals surface area contributed by atoms with Gasteiger partial charge >= 0.3 is 0 Å². The summed E-state index contributed by atoms with van der Waals surface area (Å²) in [5, 5.41) is 8.70. The van der Waals surface area contributed by atoms with Crippen LogP contribution in [0.25, 0.3) is 11.5 Å². The molecule has 0 saturated carbocycles. The van der Waals surface area contributed by atoms with E-state index in [1.807, 2.05) is 43.1 Å². The van der Waals surface area contributed by atoms with Gasteiger partial charge in [0.05, 0.1) is 0 Å². The lowest BCUT2D eigenvalue weighted by Gasteiger charge is -2.21. The highest BCUT2D eigenvalue weighted by atomic mass is 15.4. The number of rotatable bonds is 5.